The number of aromatic nitrogens is 1. The van der Waals surface area contributed by atoms with Crippen molar-refractivity contribution in [2.24, 2.45) is 0 Å². The van der Waals surface area contributed by atoms with E-state index in [1.54, 1.807) is 30.5 Å². The molecule has 0 radical (unpaired) electrons. The first kappa shape index (κ1) is 22.7. The number of H-pyrrole nitrogens is 1. The molecule has 3 rings (SSSR count). The zero-order valence-corrected chi connectivity index (χ0v) is 17.6. The van der Waals surface area contributed by atoms with Crippen LogP contribution in [0.15, 0.2) is 53.3 Å². The van der Waals surface area contributed by atoms with Crippen LogP contribution in [0.2, 0.25) is 0 Å². The van der Waals surface area contributed by atoms with Gasteiger partial charge in [0.05, 0.1) is 7.11 Å². The number of rotatable bonds is 7. The lowest BCUT2D eigenvalue weighted by molar-refractivity contribution is -0.0941. The summed E-state index contributed by atoms with van der Waals surface area (Å²) < 4.78 is 58.1. The smallest absolute Gasteiger partial charge is 0.412 e. The van der Waals surface area contributed by atoms with Crippen LogP contribution in [0.25, 0.3) is 6.08 Å². The minimum atomic E-state index is -4.27. The lowest BCUT2D eigenvalue weighted by Gasteiger charge is -2.18. The van der Waals surface area contributed by atoms with E-state index in [1.807, 2.05) is 13.0 Å². The molecule has 1 aliphatic rings. The van der Waals surface area contributed by atoms with E-state index in [1.165, 1.54) is 13.2 Å². The average Bonchev–Trinajstić information content (AvgIpc) is 3.08. The van der Waals surface area contributed by atoms with E-state index in [0.29, 0.717) is 30.6 Å². The Morgan fingerprint density at radius 1 is 1.19 bits per heavy atom. The number of methoxy groups -OCH3 is 1. The van der Waals surface area contributed by atoms with Gasteiger partial charge in [-0.05, 0) is 42.9 Å². The third-order valence-electron chi connectivity index (χ3n) is 5.54. The Bertz CT molecular complexity index is 1030. The standard InChI is InChI=1S/C24H26F4N2O/c1-3-15(11-16-7-9-19(10-8-16)24(26,27)28)12-20-18(14-30-23(20)29)13-17-5-4-6-21(31-2)22(17)25/h4-7,9,12,14,30H,3,8,10-11,13,29H2,1-2H3/b15-12+. The Morgan fingerprint density at radius 2 is 1.97 bits per heavy atom. The molecule has 1 aliphatic carbocycles. The average molecular weight is 434 g/mol. The monoisotopic (exact) mass is 434 g/mol. The zero-order chi connectivity index (χ0) is 22.6. The van der Waals surface area contributed by atoms with Crippen molar-refractivity contribution >= 4 is 11.9 Å². The lowest BCUT2D eigenvalue weighted by atomic mass is 9.91. The van der Waals surface area contributed by atoms with Gasteiger partial charge in [-0.25, -0.2) is 4.39 Å². The minimum absolute atomic E-state index is 0.00100. The van der Waals surface area contributed by atoms with Crippen LogP contribution in [0, 0.1) is 5.82 Å². The molecule has 0 unspecified atom stereocenters. The number of benzene rings is 1. The van der Waals surface area contributed by atoms with Crippen molar-refractivity contribution in [2.75, 3.05) is 12.8 Å². The molecule has 0 aliphatic heterocycles. The number of hydrogen-bond acceptors (Lipinski definition) is 2. The second-order valence-electron chi connectivity index (χ2n) is 7.60. The van der Waals surface area contributed by atoms with Crippen molar-refractivity contribution in [1.82, 2.24) is 4.98 Å². The van der Waals surface area contributed by atoms with Gasteiger partial charge in [-0.15, -0.1) is 0 Å². The van der Waals surface area contributed by atoms with Crippen molar-refractivity contribution in [3.05, 3.63) is 75.8 Å². The summed E-state index contributed by atoms with van der Waals surface area (Å²) in [5, 5.41) is 0. The highest BCUT2D eigenvalue weighted by Gasteiger charge is 2.33. The number of nitrogens with two attached hydrogens (primary N) is 1. The maximum absolute atomic E-state index is 14.6. The van der Waals surface area contributed by atoms with E-state index >= 15 is 0 Å². The van der Waals surface area contributed by atoms with E-state index < -0.39 is 17.6 Å². The zero-order valence-electron chi connectivity index (χ0n) is 17.6. The van der Waals surface area contributed by atoms with Crippen molar-refractivity contribution in [3.63, 3.8) is 0 Å². The van der Waals surface area contributed by atoms with Crippen molar-refractivity contribution in [1.29, 1.82) is 0 Å². The summed E-state index contributed by atoms with van der Waals surface area (Å²) >= 11 is 0. The Morgan fingerprint density at radius 3 is 2.58 bits per heavy atom. The van der Waals surface area contributed by atoms with Crippen LogP contribution in [0.3, 0.4) is 0 Å². The van der Waals surface area contributed by atoms with Crippen molar-refractivity contribution in [2.45, 2.75) is 45.2 Å². The Balaban J connectivity index is 1.84. The van der Waals surface area contributed by atoms with E-state index in [2.05, 4.69) is 4.98 Å². The molecule has 0 saturated carbocycles. The third kappa shape index (κ3) is 5.40. The SMILES string of the molecule is CC/C(=C\c1c(Cc2cccc(OC)c2F)c[nH]c1N)CC1=CC=C(C(F)(F)F)CC1. The van der Waals surface area contributed by atoms with Gasteiger partial charge in [0.25, 0.3) is 0 Å². The normalized spacial score (nSPS) is 15.0. The van der Waals surface area contributed by atoms with Crippen molar-refractivity contribution < 1.29 is 22.3 Å². The number of nitrogens with one attached hydrogen (secondary N) is 1. The summed E-state index contributed by atoms with van der Waals surface area (Å²) in [5.41, 5.74) is 9.75. The Labute approximate surface area is 179 Å². The van der Waals surface area contributed by atoms with Crippen LogP contribution in [-0.4, -0.2) is 18.3 Å². The van der Waals surface area contributed by atoms with Gasteiger partial charge in [0.1, 0.15) is 5.82 Å². The molecule has 0 fully saturated rings. The first-order chi connectivity index (χ1) is 14.7. The maximum atomic E-state index is 14.6. The topological polar surface area (TPSA) is 51.0 Å². The number of nitrogen functional groups attached to an aromatic ring is 1. The van der Waals surface area contributed by atoms with E-state index in [4.69, 9.17) is 10.5 Å². The molecule has 3 N–H and O–H groups in total. The molecular weight excluding hydrogens is 408 g/mol. The molecule has 0 bridgehead atoms. The highest BCUT2D eigenvalue weighted by Crippen LogP contribution is 2.35. The summed E-state index contributed by atoms with van der Waals surface area (Å²) in [6.45, 7) is 2.00. The van der Waals surface area contributed by atoms with Gasteiger partial charge in [0, 0.05) is 23.8 Å². The summed E-state index contributed by atoms with van der Waals surface area (Å²) in [4.78, 5) is 2.99. The highest BCUT2D eigenvalue weighted by atomic mass is 19.4. The van der Waals surface area contributed by atoms with Crippen LogP contribution >= 0.6 is 0 Å². The summed E-state index contributed by atoms with van der Waals surface area (Å²) in [7, 11) is 1.42. The molecule has 7 heteroatoms. The van der Waals surface area contributed by atoms with E-state index in [9.17, 15) is 17.6 Å². The number of hydrogen-bond donors (Lipinski definition) is 2. The maximum Gasteiger partial charge on any atom is 0.412 e. The minimum Gasteiger partial charge on any atom is -0.494 e. The molecule has 0 spiro atoms. The van der Waals surface area contributed by atoms with Gasteiger partial charge >= 0.3 is 6.18 Å². The third-order valence-corrected chi connectivity index (χ3v) is 5.54. The summed E-state index contributed by atoms with van der Waals surface area (Å²) in [6.07, 6.45) is 4.22. The molecule has 3 nitrogen and oxygen atoms in total. The first-order valence-corrected chi connectivity index (χ1v) is 10.1. The molecule has 1 heterocycles. The Kier molecular flexibility index (Phi) is 6.93. The fraction of sp³-hybridized carbons (Fsp3) is 0.333. The quantitative estimate of drug-likeness (QED) is 0.475. The van der Waals surface area contributed by atoms with Crippen LogP contribution in [-0.2, 0) is 6.42 Å². The molecule has 1 aromatic heterocycles. The highest BCUT2D eigenvalue weighted by molar-refractivity contribution is 5.68. The van der Waals surface area contributed by atoms with Gasteiger partial charge < -0.3 is 15.5 Å². The Hall–Kier alpha value is -2.96. The number of anilines is 1. The molecular formula is C24H26F4N2O. The molecule has 0 atom stereocenters. The fourth-order valence-electron chi connectivity index (χ4n) is 3.70. The first-order valence-electron chi connectivity index (χ1n) is 10.1. The summed E-state index contributed by atoms with van der Waals surface area (Å²) in [6, 6.07) is 5.00. The van der Waals surface area contributed by atoms with E-state index in [-0.39, 0.29) is 12.2 Å². The number of alkyl halides is 3. The number of halogens is 4. The largest absolute Gasteiger partial charge is 0.494 e. The number of allylic oxidation sites excluding steroid dienone is 5. The number of ether oxygens (including phenoxy) is 1. The molecule has 1 aromatic carbocycles. The van der Waals surface area contributed by atoms with Crippen LogP contribution in [0.1, 0.15) is 49.3 Å². The van der Waals surface area contributed by atoms with Gasteiger partial charge in [-0.1, -0.05) is 48.4 Å². The second kappa shape index (κ2) is 9.45. The van der Waals surface area contributed by atoms with Gasteiger partial charge in [0.15, 0.2) is 11.6 Å². The van der Waals surface area contributed by atoms with Gasteiger partial charge in [-0.3, -0.25) is 0 Å². The molecule has 166 valence electrons. The lowest BCUT2D eigenvalue weighted by Crippen LogP contribution is -2.13. The molecule has 0 saturated heterocycles. The van der Waals surface area contributed by atoms with Crippen LogP contribution in [0.4, 0.5) is 23.4 Å². The molecule has 2 aromatic rings. The molecule has 31 heavy (non-hydrogen) atoms. The second-order valence-corrected chi connectivity index (χ2v) is 7.60. The fourth-order valence-corrected chi connectivity index (χ4v) is 3.70. The molecule has 0 amide bonds. The van der Waals surface area contributed by atoms with Crippen LogP contribution in [0.5, 0.6) is 5.75 Å². The predicted octanol–water partition coefficient (Wildman–Crippen LogP) is 6.73. The van der Waals surface area contributed by atoms with E-state index in [0.717, 1.165) is 28.7 Å². The number of aromatic amines is 1. The van der Waals surface area contributed by atoms with Gasteiger partial charge in [0.2, 0.25) is 0 Å². The van der Waals surface area contributed by atoms with Crippen LogP contribution < -0.4 is 10.5 Å². The summed E-state index contributed by atoms with van der Waals surface area (Å²) in [5.74, 6) is 0.249. The predicted molar refractivity (Wildman–Crippen MR) is 115 cm³/mol. The van der Waals surface area contributed by atoms with Gasteiger partial charge in [-0.2, -0.15) is 13.2 Å². The van der Waals surface area contributed by atoms with Crippen molar-refractivity contribution in [3.8, 4) is 5.75 Å².